The lowest BCUT2D eigenvalue weighted by atomic mass is 9.95. The first-order valence-corrected chi connectivity index (χ1v) is 14.1. The van der Waals surface area contributed by atoms with Crippen molar-refractivity contribution in [2.75, 3.05) is 59.0 Å². The molecule has 35 heavy (non-hydrogen) atoms. The molecule has 2 amide bonds. The van der Waals surface area contributed by atoms with Crippen LogP contribution in [0, 0.1) is 17.8 Å². The Morgan fingerprint density at radius 1 is 1.00 bits per heavy atom. The minimum Gasteiger partial charge on any atom is -0.349 e. The summed E-state index contributed by atoms with van der Waals surface area (Å²) < 4.78 is 12.6. The van der Waals surface area contributed by atoms with E-state index in [-0.39, 0.29) is 23.9 Å². The summed E-state index contributed by atoms with van der Waals surface area (Å²) in [5.41, 5.74) is 0. The minimum atomic E-state index is -0.543. The van der Waals surface area contributed by atoms with Crippen molar-refractivity contribution in [3.63, 3.8) is 0 Å². The molecule has 8 nitrogen and oxygen atoms in total. The highest BCUT2D eigenvalue weighted by atomic mass is 16.7. The van der Waals surface area contributed by atoms with Gasteiger partial charge in [0.25, 0.3) is 0 Å². The Labute approximate surface area is 212 Å². The molecule has 0 bridgehead atoms. The molecular formula is C27H48N4O4. The zero-order valence-corrected chi connectivity index (χ0v) is 22.5. The van der Waals surface area contributed by atoms with Gasteiger partial charge in [-0.05, 0) is 50.6 Å². The van der Waals surface area contributed by atoms with Crippen molar-refractivity contribution in [1.82, 2.24) is 20.0 Å². The molecule has 4 saturated heterocycles. The summed E-state index contributed by atoms with van der Waals surface area (Å²) >= 11 is 0. The third kappa shape index (κ3) is 6.76. The third-order valence-electron chi connectivity index (χ3n) is 8.10. The zero-order chi connectivity index (χ0) is 25.0. The zero-order valence-electron chi connectivity index (χ0n) is 22.5. The summed E-state index contributed by atoms with van der Waals surface area (Å²) in [7, 11) is 0. The van der Waals surface area contributed by atoms with E-state index in [0.29, 0.717) is 56.7 Å². The third-order valence-corrected chi connectivity index (χ3v) is 8.10. The van der Waals surface area contributed by atoms with Gasteiger partial charge in [0.05, 0.1) is 19.3 Å². The van der Waals surface area contributed by atoms with Crippen molar-refractivity contribution in [2.45, 2.75) is 84.1 Å². The highest BCUT2D eigenvalue weighted by Gasteiger charge is 2.44. The van der Waals surface area contributed by atoms with Gasteiger partial charge in [-0.3, -0.25) is 9.59 Å². The van der Waals surface area contributed by atoms with Crippen LogP contribution in [0.3, 0.4) is 0 Å². The van der Waals surface area contributed by atoms with Gasteiger partial charge in [0.2, 0.25) is 11.8 Å². The first-order chi connectivity index (χ1) is 16.8. The number of piperazine rings is 1. The maximum absolute atomic E-state index is 13.7. The van der Waals surface area contributed by atoms with E-state index in [0.717, 1.165) is 32.7 Å². The van der Waals surface area contributed by atoms with Gasteiger partial charge in [0.15, 0.2) is 5.79 Å². The van der Waals surface area contributed by atoms with E-state index in [1.807, 2.05) is 9.80 Å². The molecule has 4 aliphatic rings. The quantitative estimate of drug-likeness (QED) is 0.561. The lowest BCUT2D eigenvalue weighted by Crippen LogP contribution is -2.63. The number of nitrogens with one attached hydrogen (secondary N) is 1. The minimum absolute atomic E-state index is 0.0837. The Morgan fingerprint density at radius 2 is 1.66 bits per heavy atom. The molecule has 200 valence electrons. The van der Waals surface area contributed by atoms with Gasteiger partial charge in [-0.2, -0.15) is 0 Å². The van der Waals surface area contributed by atoms with E-state index in [9.17, 15) is 9.59 Å². The van der Waals surface area contributed by atoms with Crippen molar-refractivity contribution in [3.05, 3.63) is 0 Å². The topological polar surface area (TPSA) is 74.4 Å². The fourth-order valence-electron chi connectivity index (χ4n) is 6.16. The molecule has 1 spiro atoms. The van der Waals surface area contributed by atoms with E-state index in [1.165, 1.54) is 25.9 Å². The molecule has 1 N–H and O–H groups in total. The maximum atomic E-state index is 13.7. The fraction of sp³-hybridized carbons (Fsp3) is 0.926. The number of ether oxygens (including phenoxy) is 2. The van der Waals surface area contributed by atoms with Crippen molar-refractivity contribution >= 4 is 11.8 Å². The summed E-state index contributed by atoms with van der Waals surface area (Å²) in [5.74, 6) is 0.837. The molecule has 0 saturated carbocycles. The Morgan fingerprint density at radius 3 is 2.26 bits per heavy atom. The summed E-state index contributed by atoms with van der Waals surface area (Å²) in [5, 5.41) is 3.37. The lowest BCUT2D eigenvalue weighted by Gasteiger charge is -2.47. The Hall–Kier alpha value is -1.22. The lowest BCUT2D eigenvalue weighted by molar-refractivity contribution is -0.298. The Balaban J connectivity index is 1.32. The van der Waals surface area contributed by atoms with Gasteiger partial charge in [-0.15, -0.1) is 0 Å². The number of piperidine rings is 1. The van der Waals surface area contributed by atoms with Crippen LogP contribution in [0.25, 0.3) is 0 Å². The molecule has 0 aromatic carbocycles. The van der Waals surface area contributed by atoms with Crippen molar-refractivity contribution in [3.8, 4) is 0 Å². The molecular weight excluding hydrogens is 444 g/mol. The van der Waals surface area contributed by atoms with Crippen LogP contribution in [0.2, 0.25) is 0 Å². The number of carbonyl (C=O) groups excluding carboxylic acids is 2. The van der Waals surface area contributed by atoms with Gasteiger partial charge in [-0.25, -0.2) is 0 Å². The van der Waals surface area contributed by atoms with E-state index < -0.39 is 5.79 Å². The second-order valence-electron chi connectivity index (χ2n) is 12.0. The summed E-state index contributed by atoms with van der Waals surface area (Å²) in [4.78, 5) is 33.4. The van der Waals surface area contributed by atoms with Crippen LogP contribution < -0.4 is 5.32 Å². The predicted molar refractivity (Wildman–Crippen MR) is 136 cm³/mol. The molecule has 4 rings (SSSR count). The number of nitrogens with zero attached hydrogens (tertiary/aromatic N) is 3. The van der Waals surface area contributed by atoms with Crippen LogP contribution >= 0.6 is 0 Å². The van der Waals surface area contributed by atoms with Gasteiger partial charge in [-0.1, -0.05) is 27.7 Å². The highest BCUT2D eigenvalue weighted by molar-refractivity contribution is 5.90. The number of amides is 2. The average Bonchev–Trinajstić information content (AvgIpc) is 3.34. The van der Waals surface area contributed by atoms with Crippen LogP contribution in [0.4, 0.5) is 0 Å². The molecule has 0 aromatic heterocycles. The summed E-state index contributed by atoms with van der Waals surface area (Å²) in [6, 6.07) is -0.570. The highest BCUT2D eigenvalue weighted by Crippen LogP contribution is 2.33. The number of hydrogen-bond acceptors (Lipinski definition) is 6. The molecule has 4 aliphatic heterocycles. The number of likely N-dealkylation sites (tertiary alicyclic amines) is 2. The van der Waals surface area contributed by atoms with Crippen LogP contribution in [-0.4, -0.2) is 103 Å². The monoisotopic (exact) mass is 492 g/mol. The van der Waals surface area contributed by atoms with Crippen LogP contribution in [-0.2, 0) is 19.1 Å². The van der Waals surface area contributed by atoms with Gasteiger partial charge in [0, 0.05) is 51.5 Å². The standard InChI is InChI=1S/C27H48N4O4/c1-20(2)15-23-25(32)31(14-9-28-23)24(16-21(3)4)26(33)30-12-7-27(8-13-30)34-18-22(19-35-27)17-29-10-5-6-11-29/h20-24,28H,5-19H2,1-4H3/t23-,24?/m0/s1. The molecule has 0 radical (unpaired) electrons. The predicted octanol–water partition coefficient (Wildman–Crippen LogP) is 2.33. The second-order valence-corrected chi connectivity index (χ2v) is 12.0. The van der Waals surface area contributed by atoms with E-state index in [2.05, 4.69) is 37.9 Å². The SMILES string of the molecule is CC(C)CC(C(=O)N1CCC2(CC1)OCC(CN1CCCC1)CO2)N1CCN[C@@H](CC(C)C)C1=O. The smallest absolute Gasteiger partial charge is 0.245 e. The normalized spacial score (nSPS) is 27.4. The Bertz CT molecular complexity index is 706. The van der Waals surface area contributed by atoms with Crippen molar-refractivity contribution in [2.24, 2.45) is 17.8 Å². The van der Waals surface area contributed by atoms with Gasteiger partial charge in [0.1, 0.15) is 6.04 Å². The molecule has 1 unspecified atom stereocenters. The summed E-state index contributed by atoms with van der Waals surface area (Å²) in [6.07, 6.45) is 5.52. The second kappa shape index (κ2) is 11.9. The van der Waals surface area contributed by atoms with Crippen LogP contribution in [0.5, 0.6) is 0 Å². The number of hydrogen-bond donors (Lipinski definition) is 1. The van der Waals surface area contributed by atoms with Crippen molar-refractivity contribution in [1.29, 1.82) is 0 Å². The molecule has 0 aliphatic carbocycles. The maximum Gasteiger partial charge on any atom is 0.245 e. The van der Waals surface area contributed by atoms with Crippen LogP contribution in [0.15, 0.2) is 0 Å². The molecule has 4 heterocycles. The Kier molecular flexibility index (Phi) is 9.11. The molecule has 0 aromatic rings. The first kappa shape index (κ1) is 26.8. The van der Waals surface area contributed by atoms with E-state index in [1.54, 1.807) is 0 Å². The largest absolute Gasteiger partial charge is 0.349 e. The van der Waals surface area contributed by atoms with Gasteiger partial charge >= 0.3 is 0 Å². The average molecular weight is 493 g/mol. The van der Waals surface area contributed by atoms with E-state index in [4.69, 9.17) is 9.47 Å². The fourth-order valence-corrected chi connectivity index (χ4v) is 6.16. The van der Waals surface area contributed by atoms with E-state index >= 15 is 0 Å². The van der Waals surface area contributed by atoms with Crippen LogP contribution in [0.1, 0.15) is 66.2 Å². The van der Waals surface area contributed by atoms with Crippen molar-refractivity contribution < 1.29 is 19.1 Å². The number of carbonyl (C=O) groups is 2. The molecule has 2 atom stereocenters. The summed E-state index contributed by atoms with van der Waals surface area (Å²) in [6.45, 7) is 16.1. The molecule has 8 heteroatoms. The van der Waals surface area contributed by atoms with Gasteiger partial charge < -0.3 is 29.5 Å². The molecule has 4 fully saturated rings. The number of rotatable bonds is 8. The first-order valence-electron chi connectivity index (χ1n) is 14.1.